The van der Waals surface area contributed by atoms with Crippen molar-refractivity contribution in [1.29, 1.82) is 0 Å². The molecule has 120 valence electrons. The first-order chi connectivity index (χ1) is 10.6. The molecule has 1 fully saturated rings. The molecule has 1 aliphatic rings. The molecule has 22 heavy (non-hydrogen) atoms. The van der Waals surface area contributed by atoms with Crippen molar-refractivity contribution in [2.24, 2.45) is 5.92 Å². The van der Waals surface area contributed by atoms with E-state index in [4.69, 9.17) is 9.84 Å². The van der Waals surface area contributed by atoms with Gasteiger partial charge in [0.15, 0.2) is 0 Å². The van der Waals surface area contributed by atoms with E-state index in [0.717, 1.165) is 12.2 Å². The summed E-state index contributed by atoms with van der Waals surface area (Å²) in [5, 5.41) is 11.8. The smallest absolute Gasteiger partial charge is 0.321 e. The standard InChI is InChI=1S/C16H22N2O4/c1-2-10-22-14-5-3-4-13(11-14)17-16(21)18-8-6-12(7-9-18)15(19)20/h3-5,11-12H,2,6-10H2,1H3,(H,17,21)(H,19,20). The molecule has 2 amide bonds. The summed E-state index contributed by atoms with van der Waals surface area (Å²) < 4.78 is 5.53. The van der Waals surface area contributed by atoms with Gasteiger partial charge in [-0.05, 0) is 31.4 Å². The number of amides is 2. The van der Waals surface area contributed by atoms with Gasteiger partial charge in [0.05, 0.1) is 12.5 Å². The van der Waals surface area contributed by atoms with Crippen LogP contribution in [0.4, 0.5) is 10.5 Å². The largest absolute Gasteiger partial charge is 0.494 e. The second-order valence-corrected chi connectivity index (χ2v) is 5.41. The van der Waals surface area contributed by atoms with Crippen LogP contribution in [0.15, 0.2) is 24.3 Å². The van der Waals surface area contributed by atoms with Gasteiger partial charge in [-0.25, -0.2) is 4.79 Å². The zero-order chi connectivity index (χ0) is 15.9. The van der Waals surface area contributed by atoms with Gasteiger partial charge >= 0.3 is 12.0 Å². The SMILES string of the molecule is CCCOc1cccc(NC(=O)N2CCC(C(=O)O)CC2)c1. The summed E-state index contributed by atoms with van der Waals surface area (Å²) >= 11 is 0. The number of nitrogens with zero attached hydrogens (tertiary/aromatic N) is 1. The molecule has 1 aromatic rings. The van der Waals surface area contributed by atoms with Gasteiger partial charge in [-0.1, -0.05) is 13.0 Å². The molecular weight excluding hydrogens is 284 g/mol. The number of aliphatic carboxylic acids is 1. The Morgan fingerprint density at radius 2 is 2.09 bits per heavy atom. The molecule has 0 atom stereocenters. The summed E-state index contributed by atoms with van der Waals surface area (Å²) in [4.78, 5) is 24.8. The number of anilines is 1. The van der Waals surface area contributed by atoms with Crippen molar-refractivity contribution in [2.75, 3.05) is 25.0 Å². The lowest BCUT2D eigenvalue weighted by Gasteiger charge is -2.30. The molecule has 1 aliphatic heterocycles. The third-order valence-corrected chi connectivity index (χ3v) is 3.69. The number of carbonyl (C=O) groups excluding carboxylic acids is 1. The zero-order valence-corrected chi connectivity index (χ0v) is 12.7. The molecule has 2 rings (SSSR count). The lowest BCUT2D eigenvalue weighted by atomic mass is 9.97. The molecular formula is C16H22N2O4. The normalized spacial score (nSPS) is 15.4. The van der Waals surface area contributed by atoms with Gasteiger partial charge in [0.2, 0.25) is 0 Å². The summed E-state index contributed by atoms with van der Waals surface area (Å²) in [7, 11) is 0. The van der Waals surface area contributed by atoms with E-state index in [9.17, 15) is 9.59 Å². The first-order valence-corrected chi connectivity index (χ1v) is 7.61. The van der Waals surface area contributed by atoms with Crippen LogP contribution in [0, 0.1) is 5.92 Å². The number of carbonyl (C=O) groups is 2. The number of piperidine rings is 1. The van der Waals surface area contributed by atoms with Gasteiger partial charge in [-0.3, -0.25) is 4.79 Å². The molecule has 6 heteroatoms. The number of urea groups is 1. The topological polar surface area (TPSA) is 78.9 Å². The van der Waals surface area contributed by atoms with E-state index in [2.05, 4.69) is 5.32 Å². The van der Waals surface area contributed by atoms with E-state index in [0.29, 0.717) is 38.2 Å². The number of carboxylic acid groups (broad SMARTS) is 1. The summed E-state index contributed by atoms with van der Waals surface area (Å²) in [5.74, 6) is -0.389. The molecule has 0 aliphatic carbocycles. The quantitative estimate of drug-likeness (QED) is 0.876. The third-order valence-electron chi connectivity index (χ3n) is 3.69. The van der Waals surface area contributed by atoms with Crippen molar-refractivity contribution in [2.45, 2.75) is 26.2 Å². The minimum absolute atomic E-state index is 0.198. The number of carboxylic acids is 1. The highest BCUT2D eigenvalue weighted by atomic mass is 16.5. The summed E-state index contributed by atoms with van der Waals surface area (Å²) in [6.07, 6.45) is 1.93. The van der Waals surface area contributed by atoms with E-state index >= 15 is 0 Å². The van der Waals surface area contributed by atoms with E-state index in [1.165, 1.54) is 0 Å². The second-order valence-electron chi connectivity index (χ2n) is 5.41. The number of hydrogen-bond donors (Lipinski definition) is 2. The fourth-order valence-corrected chi connectivity index (χ4v) is 2.42. The molecule has 0 unspecified atom stereocenters. The van der Waals surface area contributed by atoms with Crippen LogP contribution in [0.25, 0.3) is 0 Å². The van der Waals surface area contributed by atoms with Gasteiger partial charge in [-0.2, -0.15) is 0 Å². The Balaban J connectivity index is 1.88. The minimum Gasteiger partial charge on any atom is -0.494 e. The maximum Gasteiger partial charge on any atom is 0.321 e. The molecule has 1 heterocycles. The molecule has 1 aromatic carbocycles. The summed E-state index contributed by atoms with van der Waals surface area (Å²) in [6.45, 7) is 3.61. The van der Waals surface area contributed by atoms with E-state index in [1.807, 2.05) is 19.1 Å². The van der Waals surface area contributed by atoms with Crippen LogP contribution in [0.1, 0.15) is 26.2 Å². The summed E-state index contributed by atoms with van der Waals surface area (Å²) in [6, 6.07) is 7.08. The highest BCUT2D eigenvalue weighted by Crippen LogP contribution is 2.20. The maximum atomic E-state index is 12.2. The van der Waals surface area contributed by atoms with E-state index < -0.39 is 5.97 Å². The predicted octanol–water partition coefficient (Wildman–Crippen LogP) is 2.80. The molecule has 1 saturated heterocycles. The van der Waals surface area contributed by atoms with Crippen LogP contribution in [0.3, 0.4) is 0 Å². The summed E-state index contributed by atoms with van der Waals surface area (Å²) in [5.41, 5.74) is 0.680. The first kappa shape index (κ1) is 16.1. The Hall–Kier alpha value is -2.24. The van der Waals surface area contributed by atoms with Crippen molar-refractivity contribution in [3.63, 3.8) is 0 Å². The van der Waals surface area contributed by atoms with Crippen LogP contribution in [-0.2, 0) is 4.79 Å². The Morgan fingerprint density at radius 3 is 2.73 bits per heavy atom. The number of ether oxygens (including phenoxy) is 1. The fraction of sp³-hybridized carbons (Fsp3) is 0.500. The van der Waals surface area contributed by atoms with Crippen molar-refractivity contribution in [3.8, 4) is 5.75 Å². The van der Waals surface area contributed by atoms with Crippen LogP contribution >= 0.6 is 0 Å². The van der Waals surface area contributed by atoms with Crippen LogP contribution in [0.2, 0.25) is 0 Å². The average molecular weight is 306 g/mol. The number of hydrogen-bond acceptors (Lipinski definition) is 3. The maximum absolute atomic E-state index is 12.2. The monoisotopic (exact) mass is 306 g/mol. The van der Waals surface area contributed by atoms with Gasteiger partial charge in [0, 0.05) is 24.8 Å². The highest BCUT2D eigenvalue weighted by molar-refractivity contribution is 5.89. The van der Waals surface area contributed by atoms with Gasteiger partial charge in [0.25, 0.3) is 0 Å². The lowest BCUT2D eigenvalue weighted by Crippen LogP contribution is -2.42. The van der Waals surface area contributed by atoms with Crippen molar-refractivity contribution in [3.05, 3.63) is 24.3 Å². The average Bonchev–Trinajstić information content (AvgIpc) is 2.53. The Kier molecular flexibility index (Phi) is 5.63. The van der Waals surface area contributed by atoms with Gasteiger partial charge in [-0.15, -0.1) is 0 Å². The number of nitrogens with one attached hydrogen (secondary N) is 1. The van der Waals surface area contributed by atoms with E-state index in [1.54, 1.807) is 17.0 Å². The molecule has 0 aromatic heterocycles. The Bertz CT molecular complexity index is 525. The van der Waals surface area contributed by atoms with Crippen molar-refractivity contribution < 1.29 is 19.4 Å². The Labute approximate surface area is 130 Å². The Morgan fingerprint density at radius 1 is 1.36 bits per heavy atom. The lowest BCUT2D eigenvalue weighted by molar-refractivity contribution is -0.143. The molecule has 0 spiro atoms. The second kappa shape index (κ2) is 7.68. The van der Waals surface area contributed by atoms with Crippen LogP contribution in [0.5, 0.6) is 5.75 Å². The van der Waals surface area contributed by atoms with E-state index in [-0.39, 0.29) is 11.9 Å². The first-order valence-electron chi connectivity index (χ1n) is 7.61. The molecule has 0 saturated carbocycles. The van der Waals surface area contributed by atoms with Crippen molar-refractivity contribution in [1.82, 2.24) is 4.90 Å². The van der Waals surface area contributed by atoms with Crippen LogP contribution < -0.4 is 10.1 Å². The number of rotatable bonds is 5. The minimum atomic E-state index is -0.777. The third kappa shape index (κ3) is 4.38. The fourth-order valence-electron chi connectivity index (χ4n) is 2.42. The highest BCUT2D eigenvalue weighted by Gasteiger charge is 2.26. The predicted molar refractivity (Wildman–Crippen MR) is 83.2 cm³/mol. The van der Waals surface area contributed by atoms with Gasteiger partial charge in [0.1, 0.15) is 5.75 Å². The number of likely N-dealkylation sites (tertiary alicyclic amines) is 1. The molecule has 0 radical (unpaired) electrons. The van der Waals surface area contributed by atoms with Crippen LogP contribution in [-0.4, -0.2) is 41.7 Å². The molecule has 0 bridgehead atoms. The number of benzene rings is 1. The molecule has 2 N–H and O–H groups in total. The molecule has 6 nitrogen and oxygen atoms in total. The van der Waals surface area contributed by atoms with Gasteiger partial charge < -0.3 is 20.1 Å². The zero-order valence-electron chi connectivity index (χ0n) is 12.7. The van der Waals surface area contributed by atoms with Crippen molar-refractivity contribution >= 4 is 17.7 Å².